The third kappa shape index (κ3) is 5.20. The number of pyridine rings is 1. The van der Waals surface area contributed by atoms with Gasteiger partial charge in [-0.25, -0.2) is 35.0 Å². The van der Waals surface area contributed by atoms with E-state index in [9.17, 15) is 38.4 Å². The number of nitrogens with zero attached hydrogens (tertiary/aromatic N) is 2. The Labute approximate surface area is 224 Å². The summed E-state index contributed by atoms with van der Waals surface area (Å²) in [6.07, 6.45) is 2.58. The van der Waals surface area contributed by atoms with Crippen molar-refractivity contribution in [3.63, 3.8) is 0 Å². The maximum absolute atomic E-state index is 13.9. The molecule has 2 aromatic rings. The summed E-state index contributed by atoms with van der Waals surface area (Å²) in [5.74, 6) is 0. The molecule has 0 amide bonds. The maximum Gasteiger partial charge on any atom is 0.511 e. The number of halogens is 4. The Bertz CT molecular complexity index is 1520. The molecule has 2 bridgehead atoms. The number of sulfonamides is 2. The Morgan fingerprint density at radius 2 is 1.66 bits per heavy atom. The normalized spacial score (nSPS) is 25.0. The second kappa shape index (κ2) is 10.0. The van der Waals surface area contributed by atoms with Gasteiger partial charge in [-0.3, -0.25) is 0 Å². The molecule has 2 saturated heterocycles. The largest absolute Gasteiger partial charge is 0.511 e. The molecule has 1 aromatic heterocycles. The van der Waals surface area contributed by atoms with Gasteiger partial charge in [0, 0.05) is 29.8 Å². The lowest BCUT2D eigenvalue weighted by atomic mass is 9.74. The molecule has 16 heteroatoms. The second-order valence-electron chi connectivity index (χ2n) is 9.51. The van der Waals surface area contributed by atoms with Crippen molar-refractivity contribution in [2.75, 3.05) is 6.54 Å². The molecular formula is C22H25ClF3N3O6S3. The summed E-state index contributed by atoms with van der Waals surface area (Å²) in [5, 5.41) is -0.357. The highest BCUT2D eigenvalue weighted by Crippen LogP contribution is 2.50. The lowest BCUT2D eigenvalue weighted by Gasteiger charge is -2.45. The summed E-state index contributed by atoms with van der Waals surface area (Å²) in [5.41, 5.74) is -6.37. The van der Waals surface area contributed by atoms with Gasteiger partial charge in [0.2, 0.25) is 19.9 Å². The number of hydrogen-bond donors (Lipinski definition) is 1. The van der Waals surface area contributed by atoms with Crippen LogP contribution < -0.4 is 4.72 Å². The van der Waals surface area contributed by atoms with Gasteiger partial charge in [0.05, 0.1) is 4.90 Å². The van der Waals surface area contributed by atoms with Crippen LogP contribution in [-0.4, -0.2) is 58.7 Å². The summed E-state index contributed by atoms with van der Waals surface area (Å²) in [7, 11) is -14.4. The van der Waals surface area contributed by atoms with Crippen molar-refractivity contribution in [1.82, 2.24) is 14.0 Å². The van der Waals surface area contributed by atoms with Crippen molar-refractivity contribution in [2.45, 2.75) is 71.4 Å². The number of sulfone groups is 1. The van der Waals surface area contributed by atoms with Crippen molar-refractivity contribution in [1.29, 1.82) is 0 Å². The summed E-state index contributed by atoms with van der Waals surface area (Å²) < 4.78 is 119. The quantitative estimate of drug-likeness (QED) is 0.479. The lowest BCUT2D eigenvalue weighted by Crippen LogP contribution is -2.54. The molecule has 3 heterocycles. The Hall–Kier alpha value is -1.78. The minimum Gasteiger partial charge on any atom is -0.244 e. The van der Waals surface area contributed by atoms with Crippen LogP contribution in [0.15, 0.2) is 57.4 Å². The molecule has 0 radical (unpaired) electrons. The number of aromatic nitrogens is 1. The van der Waals surface area contributed by atoms with Crippen molar-refractivity contribution < 1.29 is 38.4 Å². The van der Waals surface area contributed by atoms with E-state index >= 15 is 0 Å². The molecule has 0 aliphatic carbocycles. The Morgan fingerprint density at radius 3 is 2.18 bits per heavy atom. The van der Waals surface area contributed by atoms with E-state index in [1.807, 2.05) is 0 Å². The number of alkyl halides is 3. The molecule has 2 atom stereocenters. The molecule has 1 aromatic carbocycles. The number of benzene rings is 1. The fourth-order valence-corrected chi connectivity index (χ4v) is 10.1. The Morgan fingerprint density at radius 1 is 1.03 bits per heavy atom. The molecule has 4 rings (SSSR count). The van der Waals surface area contributed by atoms with Crippen LogP contribution in [0.1, 0.15) is 39.0 Å². The highest BCUT2D eigenvalue weighted by atomic mass is 35.5. The third-order valence-corrected chi connectivity index (χ3v) is 12.5. The molecule has 0 spiro atoms. The van der Waals surface area contributed by atoms with Crippen LogP contribution >= 0.6 is 11.6 Å². The molecular weight excluding hydrogens is 591 g/mol. The fourth-order valence-electron chi connectivity index (χ4n) is 5.32. The van der Waals surface area contributed by atoms with Crippen molar-refractivity contribution >= 4 is 41.5 Å². The number of rotatable bonds is 8. The maximum atomic E-state index is 13.9. The monoisotopic (exact) mass is 615 g/mol. The third-order valence-electron chi connectivity index (χ3n) is 7.25. The fraction of sp³-hybridized carbons (Fsp3) is 0.500. The van der Waals surface area contributed by atoms with E-state index in [4.69, 9.17) is 11.6 Å². The first-order valence-corrected chi connectivity index (χ1v) is 16.4. The van der Waals surface area contributed by atoms with Gasteiger partial charge >= 0.3 is 15.5 Å². The zero-order valence-corrected chi connectivity index (χ0v) is 23.2. The first-order chi connectivity index (χ1) is 17.5. The van der Waals surface area contributed by atoms with E-state index < -0.39 is 69.2 Å². The van der Waals surface area contributed by atoms with Crippen LogP contribution in [-0.2, 0) is 29.9 Å². The molecule has 2 aliphatic heterocycles. The second-order valence-corrected chi connectivity index (χ2v) is 15.4. The van der Waals surface area contributed by atoms with E-state index in [1.54, 1.807) is 11.6 Å². The highest BCUT2D eigenvalue weighted by Gasteiger charge is 2.54. The molecule has 2 fully saturated rings. The summed E-state index contributed by atoms with van der Waals surface area (Å²) in [6.45, 7) is 1.22. The van der Waals surface area contributed by atoms with Gasteiger partial charge < -0.3 is 0 Å². The van der Waals surface area contributed by atoms with Crippen LogP contribution in [0.4, 0.5) is 13.2 Å². The lowest BCUT2D eigenvalue weighted by molar-refractivity contribution is -0.0452. The van der Waals surface area contributed by atoms with Gasteiger partial charge in [0.1, 0.15) is 4.90 Å². The van der Waals surface area contributed by atoms with Gasteiger partial charge in [0.25, 0.3) is 0 Å². The van der Waals surface area contributed by atoms with Crippen LogP contribution in [0, 0.1) is 5.41 Å². The van der Waals surface area contributed by atoms with E-state index in [1.165, 1.54) is 34.8 Å². The average molecular weight is 616 g/mol. The molecule has 0 saturated carbocycles. The first-order valence-electron chi connectivity index (χ1n) is 11.6. The van der Waals surface area contributed by atoms with Gasteiger partial charge in [-0.2, -0.15) is 17.5 Å². The van der Waals surface area contributed by atoms with Crippen LogP contribution in [0.3, 0.4) is 0 Å². The zero-order valence-electron chi connectivity index (χ0n) is 20.0. The average Bonchev–Trinajstić information content (AvgIpc) is 3.15. The summed E-state index contributed by atoms with van der Waals surface area (Å²) in [6, 6.07) is 6.30. The predicted molar refractivity (Wildman–Crippen MR) is 132 cm³/mol. The Kier molecular flexibility index (Phi) is 7.69. The van der Waals surface area contributed by atoms with Gasteiger partial charge in [-0.15, -0.1) is 0 Å². The number of nitrogens with one attached hydrogen (secondary N) is 1. The van der Waals surface area contributed by atoms with Crippen LogP contribution in [0.25, 0.3) is 0 Å². The molecule has 2 aliphatic rings. The standard InChI is InChI=1S/C22H25ClF3N3O6S3/c1-2-21(14-28-38(34,35)22(24,25)26)12-16-7-8-17(13-21)29(16)37(32,33)18-9-6-15(23)11-19(18)36(30,31)20-5-3-4-10-27-20/h3-6,9-11,16-17,28H,2,7-8,12-14H2,1H3/t16-,17-/m0/s1. The molecule has 38 heavy (non-hydrogen) atoms. The summed E-state index contributed by atoms with van der Waals surface area (Å²) in [4.78, 5) is 2.83. The van der Waals surface area contributed by atoms with E-state index in [0.717, 1.165) is 12.1 Å². The molecule has 9 nitrogen and oxygen atoms in total. The SMILES string of the molecule is CCC1(CNS(=O)(=O)C(F)(F)F)C[C@@H]2CC[C@@H](C1)N2S(=O)(=O)c1ccc(Cl)cc1S(=O)(=O)c1ccccn1. The van der Waals surface area contributed by atoms with E-state index in [2.05, 4.69) is 4.98 Å². The first kappa shape index (κ1) is 29.2. The molecule has 0 unspecified atom stereocenters. The van der Waals surface area contributed by atoms with Gasteiger partial charge in [0.15, 0.2) is 5.03 Å². The minimum absolute atomic E-state index is 0.00187. The highest BCUT2D eigenvalue weighted by molar-refractivity contribution is 7.93. The van der Waals surface area contributed by atoms with Crippen LogP contribution in [0.5, 0.6) is 0 Å². The van der Waals surface area contributed by atoms with E-state index in [0.29, 0.717) is 19.3 Å². The number of hydrogen-bond acceptors (Lipinski definition) is 7. The van der Waals surface area contributed by atoms with Crippen molar-refractivity contribution in [3.05, 3.63) is 47.6 Å². The zero-order chi connectivity index (χ0) is 28.1. The molecule has 210 valence electrons. The number of piperidine rings is 1. The van der Waals surface area contributed by atoms with E-state index in [-0.39, 0.29) is 22.9 Å². The van der Waals surface area contributed by atoms with Crippen LogP contribution in [0.2, 0.25) is 5.02 Å². The Balaban J connectivity index is 1.69. The predicted octanol–water partition coefficient (Wildman–Crippen LogP) is 3.72. The minimum atomic E-state index is -5.56. The summed E-state index contributed by atoms with van der Waals surface area (Å²) >= 11 is 6.05. The van der Waals surface area contributed by atoms with Crippen molar-refractivity contribution in [2.24, 2.45) is 5.41 Å². The number of fused-ring (bicyclic) bond motifs is 2. The molecule has 1 N–H and O–H groups in total. The van der Waals surface area contributed by atoms with Gasteiger partial charge in [-0.05, 0) is 67.9 Å². The van der Waals surface area contributed by atoms with Gasteiger partial charge in [-0.1, -0.05) is 24.6 Å². The smallest absolute Gasteiger partial charge is 0.244 e. The van der Waals surface area contributed by atoms with Crippen molar-refractivity contribution in [3.8, 4) is 0 Å². The topological polar surface area (TPSA) is 131 Å².